The molecule has 0 aromatic carbocycles. The zero-order valence-corrected chi connectivity index (χ0v) is 14.1. The van der Waals surface area contributed by atoms with Gasteiger partial charge in [-0.25, -0.2) is 8.42 Å². The van der Waals surface area contributed by atoms with Crippen molar-refractivity contribution in [1.29, 1.82) is 0 Å². The summed E-state index contributed by atoms with van der Waals surface area (Å²) >= 11 is 0. The first kappa shape index (κ1) is 16.3. The van der Waals surface area contributed by atoms with Gasteiger partial charge in [-0.15, -0.1) is 0 Å². The van der Waals surface area contributed by atoms with Crippen molar-refractivity contribution in [3.05, 3.63) is 0 Å². The van der Waals surface area contributed by atoms with Gasteiger partial charge in [0, 0.05) is 12.1 Å². The summed E-state index contributed by atoms with van der Waals surface area (Å²) in [5.74, 6) is 1.55. The molecule has 0 radical (unpaired) electrons. The Morgan fingerprint density at radius 3 is 2.25 bits per heavy atom. The summed E-state index contributed by atoms with van der Waals surface area (Å²) in [4.78, 5) is 0. The first-order chi connectivity index (χ1) is 9.26. The van der Waals surface area contributed by atoms with E-state index in [2.05, 4.69) is 26.1 Å². The maximum Gasteiger partial charge on any atom is 0.151 e. The van der Waals surface area contributed by atoms with Crippen LogP contribution < -0.4 is 5.32 Å². The first-order valence-corrected chi connectivity index (χ1v) is 10.0. The second kappa shape index (κ2) is 6.35. The van der Waals surface area contributed by atoms with Crippen molar-refractivity contribution in [3.8, 4) is 0 Å². The molecule has 2 aliphatic rings. The molecule has 1 N–H and O–H groups in total. The molecule has 1 heterocycles. The Kier molecular flexibility index (Phi) is 5.17. The molecule has 3 nitrogen and oxygen atoms in total. The van der Waals surface area contributed by atoms with Gasteiger partial charge in [-0.1, -0.05) is 27.2 Å². The van der Waals surface area contributed by atoms with Crippen LogP contribution in [-0.4, -0.2) is 32.0 Å². The maximum atomic E-state index is 11.7. The maximum absolute atomic E-state index is 11.7. The molecule has 20 heavy (non-hydrogen) atoms. The van der Waals surface area contributed by atoms with E-state index in [9.17, 15) is 8.42 Å². The molecule has 0 aromatic rings. The fourth-order valence-electron chi connectivity index (χ4n) is 3.82. The second-order valence-electron chi connectivity index (χ2n) is 7.89. The fraction of sp³-hybridized carbons (Fsp3) is 1.00. The van der Waals surface area contributed by atoms with Crippen LogP contribution in [0.5, 0.6) is 0 Å². The number of hydrogen-bond donors (Lipinski definition) is 1. The van der Waals surface area contributed by atoms with Crippen LogP contribution >= 0.6 is 0 Å². The van der Waals surface area contributed by atoms with Crippen molar-refractivity contribution in [2.24, 2.45) is 11.3 Å². The van der Waals surface area contributed by atoms with Crippen molar-refractivity contribution in [2.45, 2.75) is 77.8 Å². The third kappa shape index (κ3) is 4.73. The lowest BCUT2D eigenvalue weighted by atomic mass is 9.76. The van der Waals surface area contributed by atoms with Crippen LogP contribution in [0.15, 0.2) is 0 Å². The van der Waals surface area contributed by atoms with Crippen molar-refractivity contribution < 1.29 is 8.42 Å². The van der Waals surface area contributed by atoms with Gasteiger partial charge >= 0.3 is 0 Å². The minimum atomic E-state index is -2.79. The SMILES string of the molecule is CC(C)(C)C1CCCC(NC2CCCS(=O)(=O)C2)CC1. The summed E-state index contributed by atoms with van der Waals surface area (Å²) in [6, 6.07) is 0.727. The van der Waals surface area contributed by atoms with Gasteiger partial charge in [0.25, 0.3) is 0 Å². The van der Waals surface area contributed by atoms with Gasteiger partial charge in [-0.2, -0.15) is 0 Å². The van der Waals surface area contributed by atoms with Crippen LogP contribution in [-0.2, 0) is 9.84 Å². The second-order valence-corrected chi connectivity index (χ2v) is 10.1. The van der Waals surface area contributed by atoms with Gasteiger partial charge in [-0.05, 0) is 49.9 Å². The molecule has 0 spiro atoms. The van der Waals surface area contributed by atoms with Crippen molar-refractivity contribution in [1.82, 2.24) is 5.32 Å². The normalized spacial score (nSPS) is 35.5. The molecule has 0 amide bonds. The number of nitrogens with one attached hydrogen (secondary N) is 1. The highest BCUT2D eigenvalue weighted by Crippen LogP contribution is 2.36. The zero-order chi connectivity index (χ0) is 14.8. The van der Waals surface area contributed by atoms with Crippen LogP contribution in [0.2, 0.25) is 0 Å². The van der Waals surface area contributed by atoms with Crippen molar-refractivity contribution >= 4 is 9.84 Å². The van der Waals surface area contributed by atoms with E-state index in [-0.39, 0.29) is 6.04 Å². The van der Waals surface area contributed by atoms with Crippen molar-refractivity contribution in [2.75, 3.05) is 11.5 Å². The van der Waals surface area contributed by atoms with Gasteiger partial charge in [0.2, 0.25) is 0 Å². The third-order valence-electron chi connectivity index (χ3n) is 5.13. The summed E-state index contributed by atoms with van der Waals surface area (Å²) in [6.45, 7) is 7.04. The number of rotatable bonds is 2. The lowest BCUT2D eigenvalue weighted by Crippen LogP contribution is -2.45. The Bertz CT molecular complexity index is 411. The Morgan fingerprint density at radius 1 is 0.900 bits per heavy atom. The van der Waals surface area contributed by atoms with Gasteiger partial charge in [0.1, 0.15) is 0 Å². The molecule has 4 heteroatoms. The number of sulfone groups is 1. The van der Waals surface area contributed by atoms with E-state index in [1.807, 2.05) is 0 Å². The topological polar surface area (TPSA) is 46.2 Å². The molecular formula is C16H31NO2S. The van der Waals surface area contributed by atoms with Gasteiger partial charge < -0.3 is 5.32 Å². The van der Waals surface area contributed by atoms with Crippen LogP contribution in [0.3, 0.4) is 0 Å². The summed E-state index contributed by atoms with van der Waals surface area (Å²) in [7, 11) is -2.79. The average Bonchev–Trinajstić information content (AvgIpc) is 2.52. The monoisotopic (exact) mass is 301 g/mol. The molecular weight excluding hydrogens is 270 g/mol. The lowest BCUT2D eigenvalue weighted by molar-refractivity contribution is 0.213. The largest absolute Gasteiger partial charge is 0.310 e. The minimum absolute atomic E-state index is 0.199. The molecule has 3 unspecified atom stereocenters. The molecule has 0 aromatic heterocycles. The lowest BCUT2D eigenvalue weighted by Gasteiger charge is -2.30. The molecule has 0 bridgehead atoms. The Balaban J connectivity index is 1.85. The summed E-state index contributed by atoms with van der Waals surface area (Å²) < 4.78 is 23.4. The predicted octanol–water partition coefficient (Wildman–Crippen LogP) is 3.15. The van der Waals surface area contributed by atoms with E-state index < -0.39 is 9.84 Å². The van der Waals surface area contributed by atoms with Crippen LogP contribution in [0.1, 0.15) is 65.7 Å². The Labute approximate surface area is 124 Å². The molecule has 118 valence electrons. The molecule has 2 rings (SSSR count). The van der Waals surface area contributed by atoms with E-state index in [0.717, 1.165) is 18.8 Å². The molecule has 1 aliphatic heterocycles. The molecule has 1 aliphatic carbocycles. The molecule has 3 atom stereocenters. The zero-order valence-electron chi connectivity index (χ0n) is 13.3. The highest BCUT2D eigenvalue weighted by molar-refractivity contribution is 7.91. The van der Waals surface area contributed by atoms with E-state index in [1.165, 1.54) is 32.1 Å². The summed E-state index contributed by atoms with van der Waals surface area (Å²) in [5, 5.41) is 3.65. The Morgan fingerprint density at radius 2 is 1.60 bits per heavy atom. The standard InChI is InChI=1S/C16H31NO2S/c1-16(2,3)13-6-4-7-14(10-9-13)17-15-8-5-11-20(18,19)12-15/h13-15,17H,4-12H2,1-3H3. The van der Waals surface area contributed by atoms with E-state index in [1.54, 1.807) is 0 Å². The molecule has 2 fully saturated rings. The van der Waals surface area contributed by atoms with Crippen LogP contribution in [0, 0.1) is 11.3 Å². The first-order valence-electron chi connectivity index (χ1n) is 8.23. The minimum Gasteiger partial charge on any atom is -0.310 e. The van der Waals surface area contributed by atoms with Gasteiger partial charge in [0.15, 0.2) is 9.84 Å². The molecule has 1 saturated carbocycles. The smallest absolute Gasteiger partial charge is 0.151 e. The Hall–Kier alpha value is -0.0900. The molecule has 1 saturated heterocycles. The quantitative estimate of drug-likeness (QED) is 0.797. The van der Waals surface area contributed by atoms with Crippen LogP contribution in [0.25, 0.3) is 0 Å². The highest BCUT2D eigenvalue weighted by Gasteiger charge is 2.30. The average molecular weight is 301 g/mol. The predicted molar refractivity (Wildman–Crippen MR) is 84.6 cm³/mol. The van der Waals surface area contributed by atoms with Gasteiger partial charge in [0.05, 0.1) is 11.5 Å². The van der Waals surface area contributed by atoms with Crippen molar-refractivity contribution in [3.63, 3.8) is 0 Å². The van der Waals surface area contributed by atoms with Crippen LogP contribution in [0.4, 0.5) is 0 Å². The van der Waals surface area contributed by atoms with E-state index >= 15 is 0 Å². The van der Waals surface area contributed by atoms with E-state index in [0.29, 0.717) is 23.0 Å². The van der Waals surface area contributed by atoms with E-state index in [4.69, 9.17) is 0 Å². The highest BCUT2D eigenvalue weighted by atomic mass is 32.2. The fourth-order valence-corrected chi connectivity index (χ4v) is 5.47. The third-order valence-corrected chi connectivity index (χ3v) is 6.95. The van der Waals surface area contributed by atoms with Gasteiger partial charge in [-0.3, -0.25) is 0 Å². The number of hydrogen-bond acceptors (Lipinski definition) is 3. The summed E-state index contributed by atoms with van der Waals surface area (Å²) in [5.41, 5.74) is 0.406. The summed E-state index contributed by atoms with van der Waals surface area (Å²) in [6.07, 6.45) is 8.15.